The van der Waals surface area contributed by atoms with E-state index >= 15 is 0 Å². The third-order valence-electron chi connectivity index (χ3n) is 3.14. The lowest BCUT2D eigenvalue weighted by molar-refractivity contribution is 0.107. The third-order valence-corrected chi connectivity index (χ3v) is 3.14. The molecule has 1 aromatic carbocycles. The summed E-state index contributed by atoms with van der Waals surface area (Å²) in [5.41, 5.74) is 2.86. The molecule has 1 aliphatic carbocycles. The van der Waals surface area contributed by atoms with E-state index in [2.05, 4.69) is 17.4 Å². The van der Waals surface area contributed by atoms with Gasteiger partial charge in [0.15, 0.2) is 0 Å². The molecular formula is C14H21NO2. The maximum atomic E-state index is 9.65. The Balaban J connectivity index is 1.83. The van der Waals surface area contributed by atoms with Gasteiger partial charge in [-0.2, -0.15) is 0 Å². The number of aliphatic hydroxyl groups excluding tert-OH is 1. The van der Waals surface area contributed by atoms with Crippen LogP contribution >= 0.6 is 0 Å². The SMILES string of the molecule is CCNCC(O)COc1ccc2c(c1)CCC2. The number of fused-ring (bicyclic) bond motifs is 1. The average molecular weight is 235 g/mol. The standard InChI is InChI=1S/C14H21NO2/c1-2-15-9-13(16)10-17-14-7-6-11-4-3-5-12(11)8-14/h6-8,13,15-16H,2-5,9-10H2,1H3. The second kappa shape index (κ2) is 6.03. The molecule has 0 heterocycles. The molecule has 2 N–H and O–H groups in total. The van der Waals surface area contributed by atoms with E-state index in [-0.39, 0.29) is 0 Å². The number of aliphatic hydroxyl groups is 1. The molecule has 94 valence electrons. The normalized spacial score (nSPS) is 15.6. The van der Waals surface area contributed by atoms with Gasteiger partial charge in [-0.1, -0.05) is 13.0 Å². The third kappa shape index (κ3) is 3.45. The van der Waals surface area contributed by atoms with Crippen molar-refractivity contribution in [2.45, 2.75) is 32.3 Å². The molecule has 0 amide bonds. The van der Waals surface area contributed by atoms with E-state index in [1.165, 1.54) is 24.0 Å². The summed E-state index contributed by atoms with van der Waals surface area (Å²) in [5, 5.41) is 12.7. The Labute approximate surface area is 103 Å². The summed E-state index contributed by atoms with van der Waals surface area (Å²) in [6.45, 7) is 3.83. The minimum absolute atomic E-state index is 0.353. The molecule has 1 unspecified atom stereocenters. The van der Waals surface area contributed by atoms with E-state index in [0.29, 0.717) is 13.2 Å². The van der Waals surface area contributed by atoms with Crippen LogP contribution in [0.1, 0.15) is 24.5 Å². The molecule has 0 fully saturated rings. The molecule has 0 spiro atoms. The highest BCUT2D eigenvalue weighted by atomic mass is 16.5. The zero-order valence-electron chi connectivity index (χ0n) is 10.4. The Bertz CT molecular complexity index is 365. The maximum absolute atomic E-state index is 9.65. The Morgan fingerprint density at radius 1 is 1.35 bits per heavy atom. The second-order valence-electron chi connectivity index (χ2n) is 4.56. The first-order valence-electron chi connectivity index (χ1n) is 6.43. The molecule has 3 heteroatoms. The number of ether oxygens (including phenoxy) is 1. The molecule has 1 atom stereocenters. The van der Waals surface area contributed by atoms with Gasteiger partial charge in [0.25, 0.3) is 0 Å². The number of hydrogen-bond acceptors (Lipinski definition) is 3. The van der Waals surface area contributed by atoms with Gasteiger partial charge in [0.1, 0.15) is 18.5 Å². The minimum atomic E-state index is -0.441. The molecule has 0 saturated heterocycles. The minimum Gasteiger partial charge on any atom is -0.491 e. The molecule has 3 nitrogen and oxygen atoms in total. The van der Waals surface area contributed by atoms with Crippen LogP contribution in [0, 0.1) is 0 Å². The highest BCUT2D eigenvalue weighted by Crippen LogP contribution is 2.25. The van der Waals surface area contributed by atoms with Crippen LogP contribution in [-0.4, -0.2) is 30.9 Å². The lowest BCUT2D eigenvalue weighted by Gasteiger charge is -2.13. The fourth-order valence-electron chi connectivity index (χ4n) is 2.20. The van der Waals surface area contributed by atoms with Crippen molar-refractivity contribution < 1.29 is 9.84 Å². The Hall–Kier alpha value is -1.06. The van der Waals surface area contributed by atoms with Crippen LogP contribution in [-0.2, 0) is 12.8 Å². The number of benzene rings is 1. The van der Waals surface area contributed by atoms with E-state index < -0.39 is 6.10 Å². The molecule has 0 aliphatic heterocycles. The Morgan fingerprint density at radius 2 is 2.18 bits per heavy atom. The number of nitrogens with one attached hydrogen (secondary N) is 1. The highest BCUT2D eigenvalue weighted by Gasteiger charge is 2.11. The first-order valence-corrected chi connectivity index (χ1v) is 6.43. The highest BCUT2D eigenvalue weighted by molar-refractivity contribution is 5.38. The van der Waals surface area contributed by atoms with Crippen LogP contribution in [0.4, 0.5) is 0 Å². The number of rotatable bonds is 6. The van der Waals surface area contributed by atoms with Gasteiger partial charge >= 0.3 is 0 Å². The van der Waals surface area contributed by atoms with Gasteiger partial charge in [-0.05, 0) is 49.1 Å². The van der Waals surface area contributed by atoms with Crippen LogP contribution in [0.5, 0.6) is 5.75 Å². The van der Waals surface area contributed by atoms with Crippen molar-refractivity contribution in [3.63, 3.8) is 0 Å². The quantitative estimate of drug-likeness (QED) is 0.785. The van der Waals surface area contributed by atoms with Gasteiger partial charge in [0.2, 0.25) is 0 Å². The predicted molar refractivity (Wildman–Crippen MR) is 68.5 cm³/mol. The van der Waals surface area contributed by atoms with Gasteiger partial charge in [-0.25, -0.2) is 0 Å². The molecule has 1 aliphatic rings. The lowest BCUT2D eigenvalue weighted by Crippen LogP contribution is -2.31. The Kier molecular flexibility index (Phi) is 4.40. The van der Waals surface area contributed by atoms with Crippen molar-refractivity contribution in [3.05, 3.63) is 29.3 Å². The molecule has 0 radical (unpaired) electrons. The van der Waals surface area contributed by atoms with Crippen LogP contribution < -0.4 is 10.1 Å². The molecule has 0 aromatic heterocycles. The smallest absolute Gasteiger partial charge is 0.119 e. The van der Waals surface area contributed by atoms with E-state index in [9.17, 15) is 5.11 Å². The van der Waals surface area contributed by atoms with Crippen molar-refractivity contribution in [2.24, 2.45) is 0 Å². The molecule has 17 heavy (non-hydrogen) atoms. The second-order valence-corrected chi connectivity index (χ2v) is 4.56. The average Bonchev–Trinajstić information content (AvgIpc) is 2.81. The summed E-state index contributed by atoms with van der Waals surface area (Å²) in [5.74, 6) is 0.876. The van der Waals surface area contributed by atoms with Gasteiger partial charge in [-0.3, -0.25) is 0 Å². The van der Waals surface area contributed by atoms with Crippen LogP contribution in [0.15, 0.2) is 18.2 Å². The first kappa shape index (κ1) is 12.4. The van der Waals surface area contributed by atoms with E-state index in [4.69, 9.17) is 4.74 Å². The van der Waals surface area contributed by atoms with Crippen molar-refractivity contribution in [1.82, 2.24) is 5.32 Å². The number of likely N-dealkylation sites (N-methyl/N-ethyl adjacent to an activating group) is 1. The van der Waals surface area contributed by atoms with Crippen molar-refractivity contribution in [3.8, 4) is 5.75 Å². The van der Waals surface area contributed by atoms with Crippen molar-refractivity contribution in [1.29, 1.82) is 0 Å². The summed E-state index contributed by atoms with van der Waals surface area (Å²) in [6, 6.07) is 6.26. The summed E-state index contributed by atoms with van der Waals surface area (Å²) in [7, 11) is 0. The molecule has 0 bridgehead atoms. The molecular weight excluding hydrogens is 214 g/mol. The first-order chi connectivity index (χ1) is 8.29. The summed E-state index contributed by atoms with van der Waals surface area (Å²) >= 11 is 0. The number of hydrogen-bond donors (Lipinski definition) is 2. The maximum Gasteiger partial charge on any atom is 0.119 e. The molecule has 2 rings (SSSR count). The fourth-order valence-corrected chi connectivity index (χ4v) is 2.20. The fraction of sp³-hybridized carbons (Fsp3) is 0.571. The zero-order chi connectivity index (χ0) is 12.1. The van der Waals surface area contributed by atoms with Crippen LogP contribution in [0.3, 0.4) is 0 Å². The Morgan fingerprint density at radius 3 is 3.00 bits per heavy atom. The van der Waals surface area contributed by atoms with Crippen LogP contribution in [0.25, 0.3) is 0 Å². The van der Waals surface area contributed by atoms with Gasteiger partial charge in [0, 0.05) is 6.54 Å². The summed E-state index contributed by atoms with van der Waals surface area (Å²) in [6.07, 6.45) is 3.16. The van der Waals surface area contributed by atoms with Gasteiger partial charge < -0.3 is 15.2 Å². The van der Waals surface area contributed by atoms with Gasteiger partial charge in [0.05, 0.1) is 0 Å². The molecule has 1 aromatic rings. The summed E-state index contributed by atoms with van der Waals surface area (Å²) < 4.78 is 5.60. The van der Waals surface area contributed by atoms with E-state index in [1.807, 2.05) is 13.0 Å². The topological polar surface area (TPSA) is 41.5 Å². The largest absolute Gasteiger partial charge is 0.491 e. The van der Waals surface area contributed by atoms with Crippen LogP contribution in [0.2, 0.25) is 0 Å². The lowest BCUT2D eigenvalue weighted by atomic mass is 10.1. The summed E-state index contributed by atoms with van der Waals surface area (Å²) in [4.78, 5) is 0. The number of aryl methyl sites for hydroxylation is 2. The van der Waals surface area contributed by atoms with E-state index in [1.54, 1.807) is 0 Å². The van der Waals surface area contributed by atoms with Crippen molar-refractivity contribution >= 4 is 0 Å². The zero-order valence-corrected chi connectivity index (χ0v) is 10.4. The van der Waals surface area contributed by atoms with Gasteiger partial charge in [-0.15, -0.1) is 0 Å². The predicted octanol–water partition coefficient (Wildman–Crippen LogP) is 1.52. The monoisotopic (exact) mass is 235 g/mol. The molecule has 0 saturated carbocycles. The van der Waals surface area contributed by atoms with E-state index in [0.717, 1.165) is 18.7 Å². The van der Waals surface area contributed by atoms with Crippen molar-refractivity contribution in [2.75, 3.05) is 19.7 Å².